The van der Waals surface area contributed by atoms with Gasteiger partial charge in [-0.15, -0.1) is 0 Å². The number of hydrogen-bond donors (Lipinski definition) is 2. The standard InChI is InChI=1S/C8H9BrN2O/c9-6-3-1-2-4-7(6)11-8(12)5-10/h1-4H,5,10H2,(H,11,12)/p+1. The van der Waals surface area contributed by atoms with E-state index in [0.717, 1.165) is 10.2 Å². The summed E-state index contributed by atoms with van der Waals surface area (Å²) in [5.74, 6) is -0.0816. The summed E-state index contributed by atoms with van der Waals surface area (Å²) >= 11 is 3.32. The molecule has 0 saturated heterocycles. The zero-order valence-corrected chi connectivity index (χ0v) is 8.10. The number of benzene rings is 1. The highest BCUT2D eigenvalue weighted by molar-refractivity contribution is 9.10. The number of amides is 1. The van der Waals surface area contributed by atoms with E-state index >= 15 is 0 Å². The van der Waals surface area contributed by atoms with Crippen LogP contribution in [0.15, 0.2) is 28.7 Å². The molecule has 1 rings (SSSR count). The summed E-state index contributed by atoms with van der Waals surface area (Å²) in [7, 11) is 0. The van der Waals surface area contributed by atoms with Gasteiger partial charge < -0.3 is 11.1 Å². The quantitative estimate of drug-likeness (QED) is 0.769. The van der Waals surface area contributed by atoms with Gasteiger partial charge in [-0.3, -0.25) is 4.79 Å². The molecular weight excluding hydrogens is 220 g/mol. The lowest BCUT2D eigenvalue weighted by atomic mass is 10.3. The zero-order chi connectivity index (χ0) is 8.97. The van der Waals surface area contributed by atoms with Crippen molar-refractivity contribution in [2.45, 2.75) is 0 Å². The van der Waals surface area contributed by atoms with Crippen molar-refractivity contribution in [3.8, 4) is 0 Å². The molecule has 0 atom stereocenters. The molecule has 0 saturated carbocycles. The van der Waals surface area contributed by atoms with Crippen LogP contribution in [0.5, 0.6) is 0 Å². The van der Waals surface area contributed by atoms with Crippen molar-refractivity contribution < 1.29 is 10.5 Å². The van der Waals surface area contributed by atoms with Crippen LogP contribution in [0.2, 0.25) is 0 Å². The summed E-state index contributed by atoms with van der Waals surface area (Å²) in [6.07, 6.45) is 0. The lowest BCUT2D eigenvalue weighted by molar-refractivity contribution is -0.353. The third-order valence-electron chi connectivity index (χ3n) is 1.38. The number of carbonyl (C=O) groups is 1. The molecule has 0 aliphatic heterocycles. The fraction of sp³-hybridized carbons (Fsp3) is 0.125. The number of rotatable bonds is 2. The Morgan fingerprint density at radius 3 is 2.75 bits per heavy atom. The second-order valence-electron chi connectivity index (χ2n) is 2.28. The van der Waals surface area contributed by atoms with Gasteiger partial charge in [0.15, 0.2) is 6.54 Å². The predicted octanol–water partition coefficient (Wildman–Crippen LogP) is 0.630. The van der Waals surface area contributed by atoms with Crippen molar-refractivity contribution in [3.05, 3.63) is 28.7 Å². The third-order valence-corrected chi connectivity index (χ3v) is 2.07. The summed E-state index contributed by atoms with van der Waals surface area (Å²) in [5.41, 5.74) is 4.27. The highest BCUT2D eigenvalue weighted by atomic mass is 79.9. The van der Waals surface area contributed by atoms with Crippen LogP contribution in [0.4, 0.5) is 5.69 Å². The van der Waals surface area contributed by atoms with E-state index in [0.29, 0.717) is 0 Å². The van der Waals surface area contributed by atoms with Crippen molar-refractivity contribution >= 4 is 27.5 Å². The molecule has 1 aromatic rings. The van der Waals surface area contributed by atoms with E-state index in [4.69, 9.17) is 0 Å². The SMILES string of the molecule is [NH3+]CC(=O)Nc1ccccc1Br. The molecule has 0 spiro atoms. The first-order valence-electron chi connectivity index (χ1n) is 3.57. The minimum absolute atomic E-state index is 0.0816. The van der Waals surface area contributed by atoms with Gasteiger partial charge in [-0.2, -0.15) is 0 Å². The molecule has 0 aliphatic rings. The molecule has 0 bridgehead atoms. The molecule has 0 fully saturated rings. The average molecular weight is 230 g/mol. The second kappa shape index (κ2) is 4.23. The van der Waals surface area contributed by atoms with Gasteiger partial charge in [-0.25, -0.2) is 0 Å². The number of nitrogens with one attached hydrogen (secondary N) is 1. The van der Waals surface area contributed by atoms with Crippen molar-refractivity contribution in [1.29, 1.82) is 0 Å². The van der Waals surface area contributed by atoms with Crippen molar-refractivity contribution in [2.75, 3.05) is 11.9 Å². The first kappa shape index (κ1) is 9.22. The van der Waals surface area contributed by atoms with E-state index in [1.54, 1.807) is 0 Å². The number of para-hydroxylation sites is 1. The molecule has 3 nitrogen and oxygen atoms in total. The Hall–Kier alpha value is -0.870. The van der Waals surface area contributed by atoms with Gasteiger partial charge in [0.05, 0.1) is 5.69 Å². The monoisotopic (exact) mass is 229 g/mol. The number of anilines is 1. The van der Waals surface area contributed by atoms with Gasteiger partial charge in [0, 0.05) is 4.47 Å². The molecule has 1 amide bonds. The molecule has 0 unspecified atom stereocenters. The van der Waals surface area contributed by atoms with Crippen molar-refractivity contribution in [1.82, 2.24) is 0 Å². The summed E-state index contributed by atoms with van der Waals surface area (Å²) < 4.78 is 0.881. The largest absolute Gasteiger partial charge is 0.350 e. The van der Waals surface area contributed by atoms with Gasteiger partial charge in [0.25, 0.3) is 5.91 Å². The Balaban J connectivity index is 2.75. The smallest absolute Gasteiger partial charge is 0.279 e. The first-order chi connectivity index (χ1) is 5.74. The maximum Gasteiger partial charge on any atom is 0.279 e. The van der Waals surface area contributed by atoms with Crippen LogP contribution < -0.4 is 11.1 Å². The van der Waals surface area contributed by atoms with Gasteiger partial charge in [0.1, 0.15) is 0 Å². The molecule has 0 heterocycles. The van der Waals surface area contributed by atoms with E-state index in [-0.39, 0.29) is 12.5 Å². The fourth-order valence-corrected chi connectivity index (χ4v) is 1.16. The van der Waals surface area contributed by atoms with E-state index in [2.05, 4.69) is 27.0 Å². The van der Waals surface area contributed by atoms with Crippen LogP contribution in [-0.2, 0) is 4.79 Å². The Labute approximate surface area is 79.1 Å². The van der Waals surface area contributed by atoms with Gasteiger partial charge in [0.2, 0.25) is 0 Å². The van der Waals surface area contributed by atoms with Gasteiger partial charge in [-0.05, 0) is 28.1 Å². The summed E-state index contributed by atoms with van der Waals surface area (Å²) in [6.45, 7) is 0.251. The highest BCUT2D eigenvalue weighted by Gasteiger charge is 2.02. The Bertz CT molecular complexity index is 288. The van der Waals surface area contributed by atoms with Crippen LogP contribution >= 0.6 is 15.9 Å². The topological polar surface area (TPSA) is 56.7 Å². The first-order valence-corrected chi connectivity index (χ1v) is 4.37. The fourth-order valence-electron chi connectivity index (χ4n) is 0.775. The molecule has 0 radical (unpaired) electrons. The van der Waals surface area contributed by atoms with Crippen LogP contribution in [-0.4, -0.2) is 12.5 Å². The van der Waals surface area contributed by atoms with Crippen LogP contribution in [0.25, 0.3) is 0 Å². The van der Waals surface area contributed by atoms with Crippen LogP contribution in [0.1, 0.15) is 0 Å². The summed E-state index contributed by atoms with van der Waals surface area (Å²) in [6, 6.07) is 7.46. The number of carbonyl (C=O) groups excluding carboxylic acids is 1. The lowest BCUT2D eigenvalue weighted by Crippen LogP contribution is -2.55. The maximum atomic E-state index is 10.9. The lowest BCUT2D eigenvalue weighted by Gasteiger charge is -2.03. The second-order valence-corrected chi connectivity index (χ2v) is 3.13. The Kier molecular flexibility index (Phi) is 3.25. The van der Waals surface area contributed by atoms with Crippen LogP contribution in [0, 0.1) is 0 Å². The number of halogens is 1. The third kappa shape index (κ3) is 2.32. The van der Waals surface area contributed by atoms with Crippen molar-refractivity contribution in [2.24, 2.45) is 0 Å². The average Bonchev–Trinajstić information content (AvgIpc) is 2.09. The molecule has 12 heavy (non-hydrogen) atoms. The zero-order valence-electron chi connectivity index (χ0n) is 6.51. The van der Waals surface area contributed by atoms with E-state index in [1.807, 2.05) is 24.3 Å². The predicted molar refractivity (Wildman–Crippen MR) is 50.5 cm³/mol. The molecule has 0 aromatic heterocycles. The molecule has 1 aromatic carbocycles. The summed E-state index contributed by atoms with van der Waals surface area (Å²) in [5, 5.41) is 2.71. The van der Waals surface area contributed by atoms with Crippen molar-refractivity contribution in [3.63, 3.8) is 0 Å². The van der Waals surface area contributed by atoms with Gasteiger partial charge in [-0.1, -0.05) is 12.1 Å². The van der Waals surface area contributed by atoms with E-state index in [1.165, 1.54) is 0 Å². The summed E-state index contributed by atoms with van der Waals surface area (Å²) in [4.78, 5) is 10.9. The minimum atomic E-state index is -0.0816. The molecule has 64 valence electrons. The normalized spacial score (nSPS) is 9.50. The molecule has 4 N–H and O–H groups in total. The Morgan fingerprint density at radius 2 is 2.17 bits per heavy atom. The van der Waals surface area contributed by atoms with E-state index in [9.17, 15) is 4.79 Å². The van der Waals surface area contributed by atoms with Crippen LogP contribution in [0.3, 0.4) is 0 Å². The minimum Gasteiger partial charge on any atom is -0.350 e. The Morgan fingerprint density at radius 1 is 1.50 bits per heavy atom. The number of quaternary nitrogens is 1. The molecule has 0 aliphatic carbocycles. The maximum absolute atomic E-state index is 10.9. The molecule has 4 heteroatoms. The van der Waals surface area contributed by atoms with E-state index < -0.39 is 0 Å². The number of hydrogen-bond acceptors (Lipinski definition) is 1. The molecular formula is C8H10BrN2O+. The highest BCUT2D eigenvalue weighted by Crippen LogP contribution is 2.20. The van der Waals surface area contributed by atoms with Gasteiger partial charge >= 0.3 is 0 Å².